The molecule has 0 heterocycles. The van der Waals surface area contributed by atoms with Crippen molar-refractivity contribution in [2.45, 2.75) is 65.3 Å². The van der Waals surface area contributed by atoms with Crippen molar-refractivity contribution >= 4 is 0 Å². The van der Waals surface area contributed by atoms with E-state index in [1.165, 1.54) is 38.5 Å². The maximum absolute atomic E-state index is 5.91. The Morgan fingerprint density at radius 3 is 2.18 bits per heavy atom. The molecule has 17 heavy (non-hydrogen) atoms. The van der Waals surface area contributed by atoms with Crippen molar-refractivity contribution in [3.05, 3.63) is 0 Å². The molecule has 0 aromatic heterocycles. The Labute approximate surface area is 108 Å². The SMILES string of the molecule is CCC1CCC(N(C)CC(C)(CC)CN)CC1. The minimum absolute atomic E-state index is 0.302. The number of nitrogens with two attached hydrogens (primary N) is 1. The van der Waals surface area contributed by atoms with Gasteiger partial charge in [0, 0.05) is 12.6 Å². The molecule has 1 rings (SSSR count). The van der Waals surface area contributed by atoms with Gasteiger partial charge in [-0.1, -0.05) is 27.2 Å². The van der Waals surface area contributed by atoms with Gasteiger partial charge in [0.25, 0.3) is 0 Å². The molecule has 0 radical (unpaired) electrons. The van der Waals surface area contributed by atoms with Crippen LogP contribution in [0, 0.1) is 11.3 Å². The van der Waals surface area contributed by atoms with Crippen LogP contribution in [0.5, 0.6) is 0 Å². The Kier molecular flexibility index (Phi) is 5.94. The summed E-state index contributed by atoms with van der Waals surface area (Å²) in [5.41, 5.74) is 6.21. The molecule has 1 aliphatic rings. The van der Waals surface area contributed by atoms with E-state index in [9.17, 15) is 0 Å². The number of rotatable bonds is 6. The highest BCUT2D eigenvalue weighted by molar-refractivity contribution is 4.83. The van der Waals surface area contributed by atoms with E-state index in [0.717, 1.165) is 25.0 Å². The average molecular weight is 240 g/mol. The molecule has 0 aromatic carbocycles. The van der Waals surface area contributed by atoms with Crippen molar-refractivity contribution in [1.82, 2.24) is 4.90 Å². The predicted molar refractivity (Wildman–Crippen MR) is 76.1 cm³/mol. The molecule has 0 aliphatic heterocycles. The molecule has 0 saturated heterocycles. The third-order valence-electron chi connectivity index (χ3n) is 4.99. The molecule has 1 aliphatic carbocycles. The largest absolute Gasteiger partial charge is 0.330 e. The first-order chi connectivity index (χ1) is 8.04. The minimum atomic E-state index is 0.302. The van der Waals surface area contributed by atoms with E-state index in [1.807, 2.05) is 0 Å². The monoisotopic (exact) mass is 240 g/mol. The van der Waals surface area contributed by atoms with Crippen LogP contribution in [-0.2, 0) is 0 Å². The van der Waals surface area contributed by atoms with E-state index in [1.54, 1.807) is 0 Å². The molecule has 1 unspecified atom stereocenters. The van der Waals surface area contributed by atoms with Crippen LogP contribution in [0.3, 0.4) is 0 Å². The summed E-state index contributed by atoms with van der Waals surface area (Å²) in [5, 5.41) is 0. The predicted octanol–water partition coefficient (Wildman–Crippen LogP) is 3.26. The third-order valence-corrected chi connectivity index (χ3v) is 4.99. The Hall–Kier alpha value is -0.0800. The zero-order chi connectivity index (χ0) is 12.9. The normalized spacial score (nSPS) is 29.3. The number of hydrogen-bond donors (Lipinski definition) is 1. The van der Waals surface area contributed by atoms with Crippen LogP contribution in [0.1, 0.15) is 59.3 Å². The molecular formula is C15H32N2. The van der Waals surface area contributed by atoms with Crippen LogP contribution in [0.25, 0.3) is 0 Å². The van der Waals surface area contributed by atoms with Crippen molar-refractivity contribution in [3.63, 3.8) is 0 Å². The van der Waals surface area contributed by atoms with Gasteiger partial charge in [0.15, 0.2) is 0 Å². The van der Waals surface area contributed by atoms with Crippen LogP contribution >= 0.6 is 0 Å². The van der Waals surface area contributed by atoms with Gasteiger partial charge in [0.05, 0.1) is 0 Å². The van der Waals surface area contributed by atoms with Crippen molar-refractivity contribution in [2.24, 2.45) is 17.1 Å². The van der Waals surface area contributed by atoms with Crippen LogP contribution < -0.4 is 5.73 Å². The van der Waals surface area contributed by atoms with Gasteiger partial charge in [0.2, 0.25) is 0 Å². The molecule has 1 saturated carbocycles. The second-order valence-corrected chi connectivity index (χ2v) is 6.37. The van der Waals surface area contributed by atoms with E-state index in [0.29, 0.717) is 5.41 Å². The van der Waals surface area contributed by atoms with Gasteiger partial charge in [-0.2, -0.15) is 0 Å². The van der Waals surface area contributed by atoms with Crippen molar-refractivity contribution < 1.29 is 0 Å². The van der Waals surface area contributed by atoms with E-state index < -0.39 is 0 Å². The van der Waals surface area contributed by atoms with Crippen LogP contribution in [0.15, 0.2) is 0 Å². The number of nitrogens with zero attached hydrogens (tertiary/aromatic N) is 1. The summed E-state index contributed by atoms with van der Waals surface area (Å²) >= 11 is 0. The summed E-state index contributed by atoms with van der Waals surface area (Å²) in [5.74, 6) is 0.992. The van der Waals surface area contributed by atoms with E-state index in [-0.39, 0.29) is 0 Å². The molecule has 0 amide bonds. The van der Waals surface area contributed by atoms with Gasteiger partial charge in [-0.05, 0) is 57.0 Å². The lowest BCUT2D eigenvalue weighted by Gasteiger charge is -2.39. The maximum Gasteiger partial charge on any atom is 0.00926 e. The first-order valence-electron chi connectivity index (χ1n) is 7.45. The van der Waals surface area contributed by atoms with Gasteiger partial charge in [-0.25, -0.2) is 0 Å². The molecule has 1 fully saturated rings. The molecular weight excluding hydrogens is 208 g/mol. The van der Waals surface area contributed by atoms with Gasteiger partial charge < -0.3 is 10.6 Å². The standard InChI is InChI=1S/C15H32N2/c1-5-13-7-9-14(10-8-13)17(4)12-15(3,6-2)11-16/h13-14H,5-12,16H2,1-4H3. The van der Waals surface area contributed by atoms with E-state index >= 15 is 0 Å². The molecule has 0 aromatic rings. The van der Waals surface area contributed by atoms with E-state index in [2.05, 4.69) is 32.7 Å². The average Bonchev–Trinajstić information content (AvgIpc) is 2.38. The summed E-state index contributed by atoms with van der Waals surface area (Å²) in [6, 6.07) is 0.801. The molecule has 0 bridgehead atoms. The lowest BCUT2D eigenvalue weighted by Crippen LogP contribution is -2.44. The highest BCUT2D eigenvalue weighted by Gasteiger charge is 2.28. The van der Waals surface area contributed by atoms with Gasteiger partial charge >= 0.3 is 0 Å². The molecule has 1 atom stereocenters. The van der Waals surface area contributed by atoms with Crippen molar-refractivity contribution in [2.75, 3.05) is 20.1 Å². The second-order valence-electron chi connectivity index (χ2n) is 6.37. The zero-order valence-corrected chi connectivity index (χ0v) is 12.3. The van der Waals surface area contributed by atoms with Crippen LogP contribution in [0.2, 0.25) is 0 Å². The molecule has 2 nitrogen and oxygen atoms in total. The fraction of sp³-hybridized carbons (Fsp3) is 1.00. The summed E-state index contributed by atoms with van der Waals surface area (Å²) in [6.07, 6.45) is 8.18. The van der Waals surface area contributed by atoms with Crippen LogP contribution in [0.4, 0.5) is 0 Å². The highest BCUT2D eigenvalue weighted by Crippen LogP contribution is 2.30. The lowest BCUT2D eigenvalue weighted by atomic mass is 9.82. The summed E-state index contributed by atoms with van der Waals surface area (Å²) in [7, 11) is 2.29. The summed E-state index contributed by atoms with van der Waals surface area (Å²) in [4.78, 5) is 2.57. The topological polar surface area (TPSA) is 29.3 Å². The first-order valence-corrected chi connectivity index (χ1v) is 7.45. The third kappa shape index (κ3) is 4.26. The second kappa shape index (κ2) is 6.75. The minimum Gasteiger partial charge on any atom is -0.330 e. The number of hydrogen-bond acceptors (Lipinski definition) is 2. The molecule has 2 heteroatoms. The fourth-order valence-corrected chi connectivity index (χ4v) is 3.05. The summed E-state index contributed by atoms with van der Waals surface area (Å²) < 4.78 is 0. The Bertz CT molecular complexity index is 203. The highest BCUT2D eigenvalue weighted by atomic mass is 15.1. The molecule has 102 valence electrons. The first kappa shape index (κ1) is 15.0. The van der Waals surface area contributed by atoms with Gasteiger partial charge in [-0.3, -0.25) is 0 Å². The maximum atomic E-state index is 5.91. The Balaban J connectivity index is 2.41. The van der Waals surface area contributed by atoms with E-state index in [4.69, 9.17) is 5.73 Å². The Morgan fingerprint density at radius 1 is 1.18 bits per heavy atom. The van der Waals surface area contributed by atoms with Gasteiger partial charge in [-0.15, -0.1) is 0 Å². The molecule has 0 spiro atoms. The quantitative estimate of drug-likeness (QED) is 0.772. The van der Waals surface area contributed by atoms with Crippen molar-refractivity contribution in [1.29, 1.82) is 0 Å². The summed E-state index contributed by atoms with van der Waals surface area (Å²) in [6.45, 7) is 8.87. The Morgan fingerprint density at radius 2 is 1.76 bits per heavy atom. The fourth-order valence-electron chi connectivity index (χ4n) is 3.05. The zero-order valence-electron chi connectivity index (χ0n) is 12.3. The molecule has 2 N–H and O–H groups in total. The smallest absolute Gasteiger partial charge is 0.00926 e. The lowest BCUT2D eigenvalue weighted by molar-refractivity contribution is 0.110. The van der Waals surface area contributed by atoms with Crippen molar-refractivity contribution in [3.8, 4) is 0 Å². The van der Waals surface area contributed by atoms with Gasteiger partial charge in [0.1, 0.15) is 0 Å². The van der Waals surface area contributed by atoms with Crippen LogP contribution in [-0.4, -0.2) is 31.1 Å².